The summed E-state index contributed by atoms with van der Waals surface area (Å²) in [5.41, 5.74) is 7.18. The van der Waals surface area contributed by atoms with Crippen LogP contribution < -0.4 is 5.32 Å². The fourth-order valence-electron chi connectivity index (χ4n) is 3.97. The monoisotopic (exact) mass is 419 g/mol. The predicted octanol–water partition coefficient (Wildman–Crippen LogP) is 6.59. The molecule has 0 aliphatic heterocycles. The number of nitrogens with zero attached hydrogens (tertiary/aromatic N) is 2. The van der Waals surface area contributed by atoms with Gasteiger partial charge in [0, 0.05) is 23.2 Å². The average molecular weight is 420 g/mol. The quantitative estimate of drug-likeness (QED) is 0.336. The Balaban J connectivity index is 1.42. The third-order valence-electron chi connectivity index (χ3n) is 5.60. The molecule has 0 unspecified atom stereocenters. The van der Waals surface area contributed by atoms with Crippen molar-refractivity contribution in [3.05, 3.63) is 127 Å². The van der Waals surface area contributed by atoms with Crippen molar-refractivity contribution in [2.45, 2.75) is 6.54 Å². The predicted molar refractivity (Wildman–Crippen MR) is 129 cm³/mol. The lowest BCUT2D eigenvalue weighted by atomic mass is 9.99. The first-order chi connectivity index (χ1) is 15.7. The lowest BCUT2D eigenvalue weighted by molar-refractivity contribution is 0.627. The highest BCUT2D eigenvalue weighted by atomic mass is 19.1. The van der Waals surface area contributed by atoms with Crippen LogP contribution >= 0.6 is 0 Å². The number of hydrogen-bond acceptors (Lipinski definition) is 2. The molecule has 5 rings (SSSR count). The number of benzene rings is 4. The van der Waals surface area contributed by atoms with Crippen LogP contribution in [0.15, 0.2) is 110 Å². The summed E-state index contributed by atoms with van der Waals surface area (Å²) < 4.78 is 15.1. The standard InChI is InChI=1S/C28H22FN3/c1-20(30-18-22-10-5-6-11-26(22)21-8-3-2-4-9-21)25-12-7-13-28-27(25)19-31-32(28)24-16-14-23(29)15-17-24/h2-17,19,30H,1,18H2. The Morgan fingerprint density at radius 2 is 1.59 bits per heavy atom. The van der Waals surface area contributed by atoms with E-state index in [0.717, 1.165) is 27.9 Å². The fraction of sp³-hybridized carbons (Fsp3) is 0.0357. The minimum absolute atomic E-state index is 0.265. The van der Waals surface area contributed by atoms with Crippen LogP contribution in [0.3, 0.4) is 0 Å². The molecule has 0 fully saturated rings. The Morgan fingerprint density at radius 1 is 0.844 bits per heavy atom. The molecule has 3 nitrogen and oxygen atoms in total. The SMILES string of the molecule is C=C(NCc1ccccc1-c1ccccc1)c1cccc2c1cnn2-c1ccc(F)cc1. The number of hydrogen-bond donors (Lipinski definition) is 1. The van der Waals surface area contributed by atoms with Gasteiger partial charge in [0.25, 0.3) is 0 Å². The molecule has 0 bridgehead atoms. The molecule has 156 valence electrons. The summed E-state index contributed by atoms with van der Waals surface area (Å²) in [7, 11) is 0. The van der Waals surface area contributed by atoms with Crippen molar-refractivity contribution < 1.29 is 4.39 Å². The van der Waals surface area contributed by atoms with E-state index in [2.05, 4.69) is 65.5 Å². The van der Waals surface area contributed by atoms with Crippen LogP contribution in [0.25, 0.3) is 33.4 Å². The van der Waals surface area contributed by atoms with Crippen molar-refractivity contribution in [2.24, 2.45) is 0 Å². The first kappa shape index (κ1) is 19.8. The molecule has 0 saturated carbocycles. The van der Waals surface area contributed by atoms with Crippen LogP contribution in [0.2, 0.25) is 0 Å². The van der Waals surface area contributed by atoms with Gasteiger partial charge in [-0.05, 0) is 47.0 Å². The van der Waals surface area contributed by atoms with Crippen LogP contribution in [0.5, 0.6) is 0 Å². The minimum atomic E-state index is -0.265. The third kappa shape index (κ3) is 3.79. The molecule has 4 heteroatoms. The van der Waals surface area contributed by atoms with Gasteiger partial charge in [0.2, 0.25) is 0 Å². The number of fused-ring (bicyclic) bond motifs is 1. The van der Waals surface area contributed by atoms with Gasteiger partial charge in [-0.2, -0.15) is 5.10 Å². The van der Waals surface area contributed by atoms with E-state index in [-0.39, 0.29) is 5.82 Å². The molecule has 0 radical (unpaired) electrons. The second kappa shape index (κ2) is 8.52. The summed E-state index contributed by atoms with van der Waals surface area (Å²) in [4.78, 5) is 0. The van der Waals surface area contributed by atoms with E-state index < -0.39 is 0 Å². The lowest BCUT2D eigenvalue weighted by Crippen LogP contribution is -2.12. The fourth-order valence-corrected chi connectivity index (χ4v) is 3.97. The van der Waals surface area contributed by atoms with Crippen molar-refractivity contribution in [2.75, 3.05) is 0 Å². The van der Waals surface area contributed by atoms with Gasteiger partial charge in [0.05, 0.1) is 17.4 Å². The zero-order valence-electron chi connectivity index (χ0n) is 17.5. The number of nitrogens with one attached hydrogen (secondary N) is 1. The van der Waals surface area contributed by atoms with E-state index in [9.17, 15) is 4.39 Å². The second-order valence-corrected chi connectivity index (χ2v) is 7.63. The summed E-state index contributed by atoms with van der Waals surface area (Å²) in [5, 5.41) is 9.02. The van der Waals surface area contributed by atoms with E-state index in [1.807, 2.05) is 35.1 Å². The first-order valence-corrected chi connectivity index (χ1v) is 10.5. The Morgan fingerprint density at radius 3 is 2.41 bits per heavy atom. The largest absolute Gasteiger partial charge is 0.381 e. The molecular formula is C28H22FN3. The highest BCUT2D eigenvalue weighted by Gasteiger charge is 2.11. The maximum absolute atomic E-state index is 13.3. The van der Waals surface area contributed by atoms with E-state index in [0.29, 0.717) is 6.54 Å². The summed E-state index contributed by atoms with van der Waals surface area (Å²) >= 11 is 0. The van der Waals surface area contributed by atoms with Crippen LogP contribution in [-0.4, -0.2) is 9.78 Å². The minimum Gasteiger partial charge on any atom is -0.381 e. The van der Waals surface area contributed by atoms with Crippen molar-refractivity contribution in [3.8, 4) is 16.8 Å². The van der Waals surface area contributed by atoms with E-state index >= 15 is 0 Å². The lowest BCUT2D eigenvalue weighted by Gasteiger charge is -2.14. The molecule has 0 spiro atoms. The molecule has 0 saturated heterocycles. The molecular weight excluding hydrogens is 397 g/mol. The molecule has 0 aliphatic rings. The van der Waals surface area contributed by atoms with E-state index in [1.165, 1.54) is 28.8 Å². The normalized spacial score (nSPS) is 10.9. The van der Waals surface area contributed by atoms with E-state index in [4.69, 9.17) is 0 Å². The molecule has 4 aromatic carbocycles. The molecule has 1 aromatic heterocycles. The molecule has 1 heterocycles. The molecule has 5 aromatic rings. The number of aromatic nitrogens is 2. The highest BCUT2D eigenvalue weighted by Crippen LogP contribution is 2.27. The molecule has 0 aliphatic carbocycles. The number of halogens is 1. The molecule has 32 heavy (non-hydrogen) atoms. The van der Waals surface area contributed by atoms with Gasteiger partial charge in [-0.25, -0.2) is 9.07 Å². The molecule has 0 amide bonds. The Bertz CT molecular complexity index is 1390. The van der Waals surface area contributed by atoms with Gasteiger partial charge in [-0.3, -0.25) is 0 Å². The zero-order chi connectivity index (χ0) is 21.9. The second-order valence-electron chi connectivity index (χ2n) is 7.63. The van der Waals surface area contributed by atoms with Gasteiger partial charge < -0.3 is 5.32 Å². The topological polar surface area (TPSA) is 29.9 Å². The van der Waals surface area contributed by atoms with Crippen molar-refractivity contribution in [1.29, 1.82) is 0 Å². The van der Waals surface area contributed by atoms with Gasteiger partial charge in [0.15, 0.2) is 0 Å². The Labute approximate surface area is 186 Å². The average Bonchev–Trinajstić information content (AvgIpc) is 3.28. The maximum Gasteiger partial charge on any atom is 0.123 e. The van der Waals surface area contributed by atoms with E-state index in [1.54, 1.807) is 12.1 Å². The Kier molecular flexibility index (Phi) is 5.26. The van der Waals surface area contributed by atoms with Crippen LogP contribution in [0, 0.1) is 5.82 Å². The van der Waals surface area contributed by atoms with Crippen molar-refractivity contribution in [3.63, 3.8) is 0 Å². The Hall–Kier alpha value is -4.18. The van der Waals surface area contributed by atoms with Crippen molar-refractivity contribution in [1.82, 2.24) is 15.1 Å². The van der Waals surface area contributed by atoms with Gasteiger partial charge in [-0.1, -0.05) is 73.3 Å². The highest BCUT2D eigenvalue weighted by molar-refractivity contribution is 5.91. The molecule has 0 atom stereocenters. The van der Waals surface area contributed by atoms with Gasteiger partial charge >= 0.3 is 0 Å². The van der Waals surface area contributed by atoms with Crippen molar-refractivity contribution >= 4 is 16.6 Å². The van der Waals surface area contributed by atoms with Crippen LogP contribution in [0.1, 0.15) is 11.1 Å². The van der Waals surface area contributed by atoms with Gasteiger partial charge in [0.1, 0.15) is 5.82 Å². The molecule has 1 N–H and O–H groups in total. The van der Waals surface area contributed by atoms with Crippen LogP contribution in [-0.2, 0) is 6.54 Å². The zero-order valence-corrected chi connectivity index (χ0v) is 17.5. The summed E-state index contributed by atoms with van der Waals surface area (Å²) in [6.45, 7) is 4.95. The number of rotatable bonds is 6. The summed E-state index contributed by atoms with van der Waals surface area (Å²) in [6, 6.07) is 31.1. The van der Waals surface area contributed by atoms with Crippen LogP contribution in [0.4, 0.5) is 4.39 Å². The smallest absolute Gasteiger partial charge is 0.123 e. The maximum atomic E-state index is 13.3. The summed E-state index contributed by atoms with van der Waals surface area (Å²) in [5.74, 6) is -0.265. The third-order valence-corrected chi connectivity index (χ3v) is 5.60. The first-order valence-electron chi connectivity index (χ1n) is 10.5. The van der Waals surface area contributed by atoms with Gasteiger partial charge in [-0.15, -0.1) is 0 Å². The summed E-state index contributed by atoms with van der Waals surface area (Å²) in [6.07, 6.45) is 1.83.